The zero-order valence-corrected chi connectivity index (χ0v) is 9.02. The van der Waals surface area contributed by atoms with E-state index in [0.717, 1.165) is 16.7 Å². The molecule has 2 rings (SSSR count). The second kappa shape index (κ2) is 4.71. The fourth-order valence-corrected chi connectivity index (χ4v) is 1.53. The van der Waals surface area contributed by atoms with Crippen molar-refractivity contribution in [2.75, 3.05) is 0 Å². The van der Waals surface area contributed by atoms with Crippen LogP contribution in [0, 0.1) is 0 Å². The van der Waals surface area contributed by atoms with Crippen molar-refractivity contribution in [1.82, 2.24) is 4.98 Å². The summed E-state index contributed by atoms with van der Waals surface area (Å²) in [4.78, 5) is 4.06. The molecule has 0 saturated heterocycles. The molecule has 0 saturated carbocycles. The van der Waals surface area contributed by atoms with Gasteiger partial charge in [0.15, 0.2) is 0 Å². The first-order valence-corrected chi connectivity index (χ1v) is 5.10. The fourth-order valence-electron chi connectivity index (χ4n) is 1.53. The van der Waals surface area contributed by atoms with Crippen molar-refractivity contribution in [2.45, 2.75) is 6.92 Å². The zero-order valence-electron chi connectivity index (χ0n) is 9.02. The van der Waals surface area contributed by atoms with Gasteiger partial charge in [0.1, 0.15) is 0 Å². The first-order valence-electron chi connectivity index (χ1n) is 5.10. The maximum absolute atomic E-state index is 12.7. The molecule has 0 amide bonds. The van der Waals surface area contributed by atoms with Gasteiger partial charge < -0.3 is 0 Å². The Balaban J connectivity index is 2.30. The summed E-state index contributed by atoms with van der Waals surface area (Å²) in [6, 6.07) is 11.6. The summed E-state index contributed by atoms with van der Waals surface area (Å²) < 4.78 is 12.7. The van der Waals surface area contributed by atoms with Crippen LogP contribution < -0.4 is 0 Å². The largest absolute Gasteiger partial charge is 0.264 e. The van der Waals surface area contributed by atoms with E-state index < -0.39 is 0 Å². The first-order chi connectivity index (χ1) is 7.75. The lowest BCUT2D eigenvalue weighted by Crippen LogP contribution is -1.79. The van der Waals surface area contributed by atoms with Crippen molar-refractivity contribution in [2.24, 2.45) is 0 Å². The maximum Gasteiger partial charge on any atom is 0.0974 e. The highest BCUT2D eigenvalue weighted by Gasteiger charge is 1.96. The SMILES string of the molecule is C/C(F)=C\c1ccc(-c2cccnc2)cc1. The molecule has 80 valence electrons. The zero-order chi connectivity index (χ0) is 11.4. The predicted octanol–water partition coefficient (Wildman–Crippen LogP) is 4.08. The van der Waals surface area contributed by atoms with E-state index in [2.05, 4.69) is 4.98 Å². The third kappa shape index (κ3) is 2.54. The van der Waals surface area contributed by atoms with Crippen LogP contribution in [0.2, 0.25) is 0 Å². The van der Waals surface area contributed by atoms with Gasteiger partial charge in [-0.15, -0.1) is 0 Å². The summed E-state index contributed by atoms with van der Waals surface area (Å²) in [5, 5.41) is 0. The number of hydrogen-bond acceptors (Lipinski definition) is 1. The smallest absolute Gasteiger partial charge is 0.0974 e. The molecule has 0 spiro atoms. The van der Waals surface area contributed by atoms with Crippen molar-refractivity contribution in [3.05, 3.63) is 60.2 Å². The molecule has 1 aromatic carbocycles. The van der Waals surface area contributed by atoms with Crippen LogP contribution in [0.3, 0.4) is 0 Å². The molecule has 0 atom stereocenters. The van der Waals surface area contributed by atoms with Gasteiger partial charge in [0.2, 0.25) is 0 Å². The quantitative estimate of drug-likeness (QED) is 0.732. The molecule has 0 N–H and O–H groups in total. The van der Waals surface area contributed by atoms with Crippen molar-refractivity contribution in [1.29, 1.82) is 0 Å². The van der Waals surface area contributed by atoms with Crippen LogP contribution in [0.4, 0.5) is 4.39 Å². The second-order valence-corrected chi connectivity index (χ2v) is 3.59. The Hall–Kier alpha value is -1.96. The highest BCUT2D eigenvalue weighted by atomic mass is 19.1. The number of nitrogens with zero attached hydrogens (tertiary/aromatic N) is 1. The number of rotatable bonds is 2. The summed E-state index contributed by atoms with van der Waals surface area (Å²) in [7, 11) is 0. The Morgan fingerprint density at radius 3 is 2.44 bits per heavy atom. The number of allylic oxidation sites excluding steroid dienone is 1. The van der Waals surface area contributed by atoms with E-state index in [4.69, 9.17) is 0 Å². The lowest BCUT2D eigenvalue weighted by molar-refractivity contribution is 0.648. The molecule has 2 heteroatoms. The van der Waals surface area contributed by atoms with Gasteiger partial charge in [-0.1, -0.05) is 30.3 Å². The minimum Gasteiger partial charge on any atom is -0.264 e. The molecule has 1 heterocycles. The Bertz CT molecular complexity index is 482. The van der Waals surface area contributed by atoms with Crippen molar-refractivity contribution >= 4 is 6.08 Å². The molecule has 16 heavy (non-hydrogen) atoms. The second-order valence-electron chi connectivity index (χ2n) is 3.59. The summed E-state index contributed by atoms with van der Waals surface area (Å²) >= 11 is 0. The van der Waals surface area contributed by atoms with E-state index in [0.29, 0.717) is 0 Å². The molecule has 0 bridgehead atoms. The molecule has 0 unspecified atom stereocenters. The first kappa shape index (κ1) is 10.6. The van der Waals surface area contributed by atoms with Gasteiger partial charge in [-0.2, -0.15) is 0 Å². The van der Waals surface area contributed by atoms with Gasteiger partial charge in [-0.05, 0) is 35.8 Å². The molecular formula is C14H12FN. The number of halogens is 1. The van der Waals surface area contributed by atoms with Crippen LogP contribution in [0.5, 0.6) is 0 Å². The summed E-state index contributed by atoms with van der Waals surface area (Å²) in [5.74, 6) is -0.186. The Labute approximate surface area is 94.3 Å². The number of hydrogen-bond donors (Lipinski definition) is 0. The molecule has 2 aromatic rings. The van der Waals surface area contributed by atoms with E-state index in [1.807, 2.05) is 42.6 Å². The minimum atomic E-state index is -0.186. The Kier molecular flexibility index (Phi) is 3.10. The van der Waals surface area contributed by atoms with Crippen molar-refractivity contribution in [3.8, 4) is 11.1 Å². The Morgan fingerprint density at radius 2 is 1.88 bits per heavy atom. The van der Waals surface area contributed by atoms with Crippen LogP contribution in [0.25, 0.3) is 17.2 Å². The summed E-state index contributed by atoms with van der Waals surface area (Å²) in [6.07, 6.45) is 5.06. The number of aromatic nitrogens is 1. The monoisotopic (exact) mass is 213 g/mol. The number of benzene rings is 1. The molecule has 1 aromatic heterocycles. The summed E-state index contributed by atoms with van der Waals surface area (Å²) in [6.45, 7) is 1.44. The fraction of sp³-hybridized carbons (Fsp3) is 0.0714. The van der Waals surface area contributed by atoms with Crippen molar-refractivity contribution in [3.63, 3.8) is 0 Å². The van der Waals surface area contributed by atoms with Crippen LogP contribution in [-0.2, 0) is 0 Å². The minimum absolute atomic E-state index is 0.186. The topological polar surface area (TPSA) is 12.9 Å². The standard InChI is InChI=1S/C14H12FN/c1-11(15)9-12-4-6-13(7-5-12)14-3-2-8-16-10-14/h2-10H,1H3/b11-9+. The van der Waals surface area contributed by atoms with Gasteiger partial charge >= 0.3 is 0 Å². The van der Waals surface area contributed by atoms with Gasteiger partial charge in [-0.25, -0.2) is 4.39 Å². The van der Waals surface area contributed by atoms with Gasteiger partial charge in [0, 0.05) is 12.4 Å². The normalized spacial score (nSPS) is 11.5. The van der Waals surface area contributed by atoms with Crippen LogP contribution in [-0.4, -0.2) is 4.98 Å². The maximum atomic E-state index is 12.7. The van der Waals surface area contributed by atoms with Gasteiger partial charge in [0.05, 0.1) is 5.83 Å². The third-order valence-corrected chi connectivity index (χ3v) is 2.27. The lowest BCUT2D eigenvalue weighted by atomic mass is 10.1. The van der Waals surface area contributed by atoms with Crippen LogP contribution in [0.1, 0.15) is 12.5 Å². The summed E-state index contributed by atoms with van der Waals surface area (Å²) in [5.41, 5.74) is 3.02. The predicted molar refractivity (Wildman–Crippen MR) is 64.4 cm³/mol. The van der Waals surface area contributed by atoms with E-state index in [-0.39, 0.29) is 5.83 Å². The van der Waals surface area contributed by atoms with E-state index in [1.54, 1.807) is 6.20 Å². The molecule has 0 aliphatic rings. The molecule has 0 aliphatic heterocycles. The highest BCUT2D eigenvalue weighted by Crippen LogP contribution is 2.19. The molecule has 1 nitrogen and oxygen atoms in total. The average molecular weight is 213 g/mol. The highest BCUT2D eigenvalue weighted by molar-refractivity contribution is 5.64. The molecule has 0 fully saturated rings. The molecular weight excluding hydrogens is 201 g/mol. The van der Waals surface area contributed by atoms with Gasteiger partial charge in [0.25, 0.3) is 0 Å². The van der Waals surface area contributed by atoms with E-state index >= 15 is 0 Å². The van der Waals surface area contributed by atoms with Crippen LogP contribution >= 0.6 is 0 Å². The Morgan fingerprint density at radius 1 is 1.12 bits per heavy atom. The lowest BCUT2D eigenvalue weighted by Gasteiger charge is -2.01. The number of pyridine rings is 1. The third-order valence-electron chi connectivity index (χ3n) is 2.27. The average Bonchev–Trinajstić information content (AvgIpc) is 2.30. The van der Waals surface area contributed by atoms with E-state index in [1.165, 1.54) is 13.0 Å². The molecule has 0 radical (unpaired) electrons. The van der Waals surface area contributed by atoms with Crippen LogP contribution in [0.15, 0.2) is 54.6 Å². The van der Waals surface area contributed by atoms with Gasteiger partial charge in [-0.3, -0.25) is 4.98 Å². The van der Waals surface area contributed by atoms with Crippen molar-refractivity contribution < 1.29 is 4.39 Å². The molecule has 0 aliphatic carbocycles. The van der Waals surface area contributed by atoms with E-state index in [9.17, 15) is 4.39 Å².